The first-order valence-electron chi connectivity index (χ1n) is 8.99. The van der Waals surface area contributed by atoms with Gasteiger partial charge in [0.25, 0.3) is 5.91 Å². The predicted molar refractivity (Wildman–Crippen MR) is 111 cm³/mol. The first kappa shape index (κ1) is 18.4. The second-order valence-electron chi connectivity index (χ2n) is 6.38. The molecule has 0 bridgehead atoms. The number of ether oxygens (including phenoxy) is 1. The third-order valence-corrected chi connectivity index (χ3v) is 4.56. The molecule has 0 fully saturated rings. The summed E-state index contributed by atoms with van der Waals surface area (Å²) in [6.45, 7) is 0. The minimum atomic E-state index is -0.372. The number of nitrogens with zero attached hydrogens (tertiary/aromatic N) is 2. The van der Waals surface area contributed by atoms with E-state index in [9.17, 15) is 9.18 Å². The van der Waals surface area contributed by atoms with Gasteiger partial charge in [-0.2, -0.15) is 5.10 Å². The topological polar surface area (TPSA) is 55.6 Å². The Labute approximate surface area is 167 Å². The van der Waals surface area contributed by atoms with Crippen molar-refractivity contribution in [2.24, 2.45) is 5.10 Å². The van der Waals surface area contributed by atoms with E-state index in [0.29, 0.717) is 11.3 Å². The Hall–Kier alpha value is -3.93. The maximum atomic E-state index is 13.1. The van der Waals surface area contributed by atoms with Crippen LogP contribution >= 0.6 is 0 Å². The highest BCUT2D eigenvalue weighted by Crippen LogP contribution is 2.25. The fraction of sp³-hybridized carbons (Fsp3) is 0.0435. The number of hydrogen-bond acceptors (Lipinski definition) is 3. The molecular formula is C23H18FN3O2. The normalized spacial score (nSPS) is 11.1. The number of carbonyl (C=O) groups is 1. The van der Waals surface area contributed by atoms with Crippen LogP contribution < -0.4 is 10.2 Å². The Morgan fingerprint density at radius 3 is 2.48 bits per heavy atom. The van der Waals surface area contributed by atoms with Gasteiger partial charge in [-0.15, -0.1) is 0 Å². The van der Waals surface area contributed by atoms with Crippen LogP contribution in [0.1, 0.15) is 16.1 Å². The van der Waals surface area contributed by atoms with Gasteiger partial charge in [0, 0.05) is 11.9 Å². The molecule has 1 heterocycles. The fourth-order valence-corrected chi connectivity index (χ4v) is 3.12. The zero-order chi connectivity index (χ0) is 20.2. The maximum absolute atomic E-state index is 13.1. The van der Waals surface area contributed by atoms with E-state index in [2.05, 4.69) is 10.5 Å². The highest BCUT2D eigenvalue weighted by Gasteiger charge is 2.13. The molecule has 1 N–H and O–H groups in total. The number of hydrazone groups is 1. The van der Waals surface area contributed by atoms with Crippen LogP contribution in [0, 0.1) is 5.82 Å². The molecule has 0 radical (unpaired) electrons. The van der Waals surface area contributed by atoms with Gasteiger partial charge >= 0.3 is 0 Å². The van der Waals surface area contributed by atoms with Gasteiger partial charge in [-0.1, -0.05) is 24.3 Å². The number of carbonyl (C=O) groups excluding carboxylic acids is 1. The van der Waals surface area contributed by atoms with Crippen LogP contribution in [-0.2, 0) is 0 Å². The molecule has 0 saturated carbocycles. The Morgan fingerprint density at radius 2 is 1.76 bits per heavy atom. The van der Waals surface area contributed by atoms with Gasteiger partial charge in [0.15, 0.2) is 0 Å². The lowest BCUT2D eigenvalue weighted by Crippen LogP contribution is -2.18. The van der Waals surface area contributed by atoms with E-state index in [4.69, 9.17) is 4.74 Å². The van der Waals surface area contributed by atoms with Gasteiger partial charge in [-0.3, -0.25) is 4.79 Å². The lowest BCUT2D eigenvalue weighted by molar-refractivity contribution is 0.0952. The molecule has 5 nitrogen and oxygen atoms in total. The zero-order valence-electron chi connectivity index (χ0n) is 15.7. The van der Waals surface area contributed by atoms with Gasteiger partial charge in [-0.05, 0) is 59.3 Å². The van der Waals surface area contributed by atoms with E-state index in [-0.39, 0.29) is 11.7 Å². The molecule has 1 aromatic heterocycles. The molecule has 1 amide bonds. The smallest absolute Gasteiger partial charge is 0.275 e. The molecule has 3 aromatic carbocycles. The number of rotatable bonds is 5. The van der Waals surface area contributed by atoms with Crippen molar-refractivity contribution in [1.29, 1.82) is 0 Å². The molecule has 0 spiro atoms. The van der Waals surface area contributed by atoms with Gasteiger partial charge in [-0.25, -0.2) is 9.82 Å². The average molecular weight is 387 g/mol. The van der Waals surface area contributed by atoms with Crippen LogP contribution in [0.3, 0.4) is 0 Å². The molecule has 4 aromatic rings. The number of aromatic nitrogens is 1. The van der Waals surface area contributed by atoms with Crippen molar-refractivity contribution in [3.05, 3.63) is 96.1 Å². The number of methoxy groups -OCH3 is 1. The van der Waals surface area contributed by atoms with Gasteiger partial charge in [0.1, 0.15) is 11.6 Å². The molecule has 4 rings (SSSR count). The average Bonchev–Trinajstić information content (AvgIpc) is 3.21. The molecule has 6 heteroatoms. The third kappa shape index (κ3) is 3.87. The quantitative estimate of drug-likeness (QED) is 0.404. The number of benzene rings is 3. The fourth-order valence-electron chi connectivity index (χ4n) is 3.12. The van der Waals surface area contributed by atoms with Crippen molar-refractivity contribution in [3.8, 4) is 11.4 Å². The van der Waals surface area contributed by atoms with Gasteiger partial charge < -0.3 is 9.30 Å². The summed E-state index contributed by atoms with van der Waals surface area (Å²) in [5, 5.41) is 6.00. The van der Waals surface area contributed by atoms with E-state index < -0.39 is 0 Å². The van der Waals surface area contributed by atoms with Gasteiger partial charge in [0.05, 0.1) is 24.6 Å². The highest BCUT2D eigenvalue weighted by atomic mass is 19.1. The van der Waals surface area contributed by atoms with Crippen LogP contribution in [0.25, 0.3) is 16.5 Å². The first-order chi connectivity index (χ1) is 14.2. The predicted octanol–water partition coefficient (Wildman–Crippen LogP) is 4.54. The Bertz CT molecular complexity index is 1200. The summed E-state index contributed by atoms with van der Waals surface area (Å²) in [6.07, 6.45) is 3.37. The molecule has 0 aliphatic carbocycles. The molecule has 144 valence electrons. The minimum absolute atomic E-state index is 0.298. The van der Waals surface area contributed by atoms with Crippen LogP contribution in [0.5, 0.6) is 5.75 Å². The van der Waals surface area contributed by atoms with Crippen molar-refractivity contribution in [3.63, 3.8) is 0 Å². The van der Waals surface area contributed by atoms with Crippen molar-refractivity contribution in [2.75, 3.05) is 7.11 Å². The molecule has 0 unspecified atom stereocenters. The first-order valence-corrected chi connectivity index (χ1v) is 8.99. The third-order valence-electron chi connectivity index (χ3n) is 4.56. The van der Waals surface area contributed by atoms with Crippen LogP contribution in [0.2, 0.25) is 0 Å². The van der Waals surface area contributed by atoms with Crippen molar-refractivity contribution < 1.29 is 13.9 Å². The summed E-state index contributed by atoms with van der Waals surface area (Å²) in [7, 11) is 1.53. The molecule has 0 aliphatic rings. The van der Waals surface area contributed by atoms with Crippen LogP contribution in [0.15, 0.2) is 84.1 Å². The SMILES string of the molecule is COc1cc2ccccc2cc1C(=O)N/N=C\c1cccn1-c1ccc(F)cc1. The molecule has 0 saturated heterocycles. The summed E-state index contributed by atoms with van der Waals surface area (Å²) in [6, 6.07) is 21.2. The van der Waals surface area contributed by atoms with Crippen molar-refractivity contribution >= 4 is 22.9 Å². The number of fused-ring (bicyclic) bond motifs is 1. The van der Waals surface area contributed by atoms with Crippen LogP contribution in [0.4, 0.5) is 4.39 Å². The monoisotopic (exact) mass is 387 g/mol. The number of nitrogens with one attached hydrogen (secondary N) is 1. The molecule has 0 atom stereocenters. The lowest BCUT2D eigenvalue weighted by atomic mass is 10.1. The standard InChI is InChI=1S/C23H18FN3O2/c1-29-22-14-17-6-3-2-5-16(17)13-21(22)23(28)26-25-15-20-7-4-12-27(20)19-10-8-18(24)9-11-19/h2-15H,1H3,(H,26,28)/b25-15-. The van der Waals surface area contributed by atoms with E-state index >= 15 is 0 Å². The number of amides is 1. The van der Waals surface area contributed by atoms with E-state index in [1.807, 2.05) is 53.2 Å². The van der Waals surface area contributed by atoms with E-state index in [1.165, 1.54) is 25.5 Å². The zero-order valence-corrected chi connectivity index (χ0v) is 15.7. The lowest BCUT2D eigenvalue weighted by Gasteiger charge is -2.09. The van der Waals surface area contributed by atoms with Gasteiger partial charge in [0.2, 0.25) is 0 Å². The summed E-state index contributed by atoms with van der Waals surface area (Å²) < 4.78 is 20.4. The summed E-state index contributed by atoms with van der Waals surface area (Å²) in [5.74, 6) is -0.192. The Balaban J connectivity index is 1.55. The highest BCUT2D eigenvalue weighted by molar-refractivity contribution is 6.01. The molecule has 0 aliphatic heterocycles. The van der Waals surface area contributed by atoms with Crippen molar-refractivity contribution in [1.82, 2.24) is 9.99 Å². The molecular weight excluding hydrogens is 369 g/mol. The Kier molecular flexibility index (Phi) is 5.07. The largest absolute Gasteiger partial charge is 0.496 e. The maximum Gasteiger partial charge on any atom is 0.275 e. The summed E-state index contributed by atoms with van der Waals surface area (Å²) in [4.78, 5) is 12.6. The summed E-state index contributed by atoms with van der Waals surface area (Å²) in [5.41, 5.74) is 4.47. The van der Waals surface area contributed by atoms with Crippen LogP contribution in [-0.4, -0.2) is 23.8 Å². The summed E-state index contributed by atoms with van der Waals surface area (Å²) >= 11 is 0. The second-order valence-corrected chi connectivity index (χ2v) is 6.38. The van der Waals surface area contributed by atoms with Crippen molar-refractivity contribution in [2.45, 2.75) is 0 Å². The van der Waals surface area contributed by atoms with E-state index in [1.54, 1.807) is 18.2 Å². The Morgan fingerprint density at radius 1 is 1.03 bits per heavy atom. The van der Waals surface area contributed by atoms with E-state index in [0.717, 1.165) is 22.2 Å². The number of halogens is 1. The number of hydrogen-bond donors (Lipinski definition) is 1. The molecule has 29 heavy (non-hydrogen) atoms. The second kappa shape index (κ2) is 7.98. The minimum Gasteiger partial charge on any atom is -0.496 e.